The SMILES string of the molecule is N#CSCCNc1ccccc1N. The Hall–Kier alpha value is -1.34. The van der Waals surface area contributed by atoms with E-state index in [4.69, 9.17) is 11.0 Å². The van der Waals surface area contributed by atoms with E-state index in [9.17, 15) is 0 Å². The van der Waals surface area contributed by atoms with Gasteiger partial charge in [-0.2, -0.15) is 5.26 Å². The van der Waals surface area contributed by atoms with Crippen molar-refractivity contribution in [1.29, 1.82) is 5.26 Å². The zero-order valence-electron chi connectivity index (χ0n) is 7.16. The smallest absolute Gasteiger partial charge is 0.133 e. The number of nitrogens with two attached hydrogens (primary N) is 1. The quantitative estimate of drug-likeness (QED) is 0.435. The number of hydrogen-bond acceptors (Lipinski definition) is 4. The van der Waals surface area contributed by atoms with Crippen LogP contribution in [0.25, 0.3) is 0 Å². The first-order chi connectivity index (χ1) is 6.34. The Morgan fingerprint density at radius 1 is 1.46 bits per heavy atom. The number of hydrogen-bond donors (Lipinski definition) is 2. The summed E-state index contributed by atoms with van der Waals surface area (Å²) in [6.07, 6.45) is 0. The first-order valence-electron chi connectivity index (χ1n) is 3.94. The fourth-order valence-corrected chi connectivity index (χ4v) is 1.24. The van der Waals surface area contributed by atoms with Crippen molar-refractivity contribution in [3.63, 3.8) is 0 Å². The summed E-state index contributed by atoms with van der Waals surface area (Å²) in [4.78, 5) is 0. The summed E-state index contributed by atoms with van der Waals surface area (Å²) in [7, 11) is 0. The van der Waals surface area contributed by atoms with Gasteiger partial charge in [-0.1, -0.05) is 12.1 Å². The van der Waals surface area contributed by atoms with Crippen molar-refractivity contribution in [2.75, 3.05) is 23.3 Å². The van der Waals surface area contributed by atoms with Gasteiger partial charge in [0.15, 0.2) is 0 Å². The van der Waals surface area contributed by atoms with E-state index in [1.165, 1.54) is 11.8 Å². The van der Waals surface area contributed by atoms with Gasteiger partial charge in [0.05, 0.1) is 11.4 Å². The highest BCUT2D eigenvalue weighted by Gasteiger charge is 1.94. The highest BCUT2D eigenvalue weighted by molar-refractivity contribution is 8.03. The summed E-state index contributed by atoms with van der Waals surface area (Å²) < 4.78 is 0. The zero-order valence-corrected chi connectivity index (χ0v) is 7.97. The molecule has 0 amide bonds. The van der Waals surface area contributed by atoms with Gasteiger partial charge in [-0.3, -0.25) is 0 Å². The van der Waals surface area contributed by atoms with E-state index in [0.717, 1.165) is 23.7 Å². The summed E-state index contributed by atoms with van der Waals surface area (Å²) in [5, 5.41) is 13.4. The van der Waals surface area contributed by atoms with E-state index in [2.05, 4.69) is 5.32 Å². The van der Waals surface area contributed by atoms with E-state index in [0.29, 0.717) is 0 Å². The lowest BCUT2D eigenvalue weighted by Crippen LogP contribution is -2.05. The van der Waals surface area contributed by atoms with Crippen LogP contribution < -0.4 is 11.1 Å². The summed E-state index contributed by atoms with van der Waals surface area (Å²) >= 11 is 1.24. The number of benzene rings is 1. The molecule has 3 N–H and O–H groups in total. The van der Waals surface area contributed by atoms with Gasteiger partial charge in [0.2, 0.25) is 0 Å². The van der Waals surface area contributed by atoms with Crippen LogP contribution in [-0.2, 0) is 0 Å². The minimum atomic E-state index is 0.740. The van der Waals surface area contributed by atoms with Gasteiger partial charge in [0.1, 0.15) is 5.40 Å². The van der Waals surface area contributed by atoms with Crippen molar-refractivity contribution in [3.8, 4) is 5.40 Å². The molecule has 0 fully saturated rings. The van der Waals surface area contributed by atoms with Gasteiger partial charge in [-0.15, -0.1) is 0 Å². The van der Waals surface area contributed by atoms with E-state index >= 15 is 0 Å². The molecule has 0 aliphatic heterocycles. The molecular weight excluding hydrogens is 182 g/mol. The van der Waals surface area contributed by atoms with Gasteiger partial charge < -0.3 is 11.1 Å². The molecule has 13 heavy (non-hydrogen) atoms. The third kappa shape index (κ3) is 3.26. The van der Waals surface area contributed by atoms with Crippen molar-refractivity contribution >= 4 is 23.1 Å². The molecule has 1 aromatic rings. The number of nitrogens with one attached hydrogen (secondary N) is 1. The lowest BCUT2D eigenvalue weighted by atomic mass is 10.3. The minimum Gasteiger partial charge on any atom is -0.397 e. The Morgan fingerprint density at radius 3 is 2.92 bits per heavy atom. The summed E-state index contributed by atoms with van der Waals surface area (Å²) in [5.74, 6) is 0.769. The molecule has 4 heteroatoms. The van der Waals surface area contributed by atoms with Crippen LogP contribution in [-0.4, -0.2) is 12.3 Å². The van der Waals surface area contributed by atoms with Crippen LogP contribution in [0.1, 0.15) is 0 Å². The van der Waals surface area contributed by atoms with Gasteiger partial charge in [0.25, 0.3) is 0 Å². The molecule has 0 heterocycles. The van der Waals surface area contributed by atoms with Gasteiger partial charge >= 0.3 is 0 Å². The van der Waals surface area contributed by atoms with Crippen LogP contribution in [0.2, 0.25) is 0 Å². The van der Waals surface area contributed by atoms with Gasteiger partial charge in [-0.05, 0) is 23.9 Å². The topological polar surface area (TPSA) is 61.8 Å². The molecule has 68 valence electrons. The number of nitriles is 1. The predicted octanol–water partition coefficient (Wildman–Crippen LogP) is 1.89. The first-order valence-corrected chi connectivity index (χ1v) is 4.92. The van der Waals surface area contributed by atoms with Gasteiger partial charge in [-0.25, -0.2) is 0 Å². The van der Waals surface area contributed by atoms with Crippen LogP contribution in [0.4, 0.5) is 11.4 Å². The number of thioether (sulfide) groups is 1. The standard InChI is InChI=1S/C9H11N3S/c10-7-13-6-5-12-9-4-2-1-3-8(9)11/h1-4,12H,5-6,11H2. The fourth-order valence-electron chi connectivity index (χ4n) is 0.940. The lowest BCUT2D eigenvalue weighted by Gasteiger charge is -2.06. The summed E-state index contributed by atoms with van der Waals surface area (Å²) in [6.45, 7) is 0.756. The second-order valence-corrected chi connectivity index (χ2v) is 3.33. The highest BCUT2D eigenvalue weighted by atomic mass is 32.2. The van der Waals surface area contributed by atoms with Crippen molar-refractivity contribution in [3.05, 3.63) is 24.3 Å². The molecule has 0 saturated carbocycles. The van der Waals surface area contributed by atoms with E-state index in [1.807, 2.05) is 29.7 Å². The van der Waals surface area contributed by atoms with Crippen molar-refractivity contribution < 1.29 is 0 Å². The number of nitrogen functional groups attached to an aromatic ring is 1. The van der Waals surface area contributed by atoms with E-state index in [1.54, 1.807) is 0 Å². The van der Waals surface area contributed by atoms with Crippen LogP contribution in [0, 0.1) is 10.7 Å². The molecule has 0 aliphatic rings. The average Bonchev–Trinajstić information content (AvgIpc) is 2.15. The highest BCUT2D eigenvalue weighted by Crippen LogP contribution is 2.16. The maximum atomic E-state index is 8.28. The molecule has 0 spiro atoms. The number of rotatable bonds is 4. The summed E-state index contributed by atoms with van der Waals surface area (Å²) in [6, 6.07) is 7.59. The monoisotopic (exact) mass is 193 g/mol. The van der Waals surface area contributed by atoms with Crippen LogP contribution in [0.3, 0.4) is 0 Å². The molecule has 0 unspecified atom stereocenters. The van der Waals surface area contributed by atoms with Crippen molar-refractivity contribution in [2.45, 2.75) is 0 Å². The number of nitrogens with zero attached hydrogens (tertiary/aromatic N) is 1. The van der Waals surface area contributed by atoms with E-state index < -0.39 is 0 Å². The Labute approximate surface area is 81.9 Å². The molecule has 3 nitrogen and oxygen atoms in total. The molecule has 0 bridgehead atoms. The van der Waals surface area contributed by atoms with Crippen LogP contribution in [0.5, 0.6) is 0 Å². The van der Waals surface area contributed by atoms with Crippen LogP contribution in [0.15, 0.2) is 24.3 Å². The van der Waals surface area contributed by atoms with Crippen molar-refractivity contribution in [2.24, 2.45) is 0 Å². The Bertz CT molecular complexity index is 306. The Morgan fingerprint density at radius 2 is 2.23 bits per heavy atom. The minimum absolute atomic E-state index is 0.740. The largest absolute Gasteiger partial charge is 0.397 e. The van der Waals surface area contributed by atoms with Crippen LogP contribution >= 0.6 is 11.8 Å². The van der Waals surface area contributed by atoms with E-state index in [-0.39, 0.29) is 0 Å². The molecule has 0 aliphatic carbocycles. The maximum Gasteiger partial charge on any atom is 0.133 e. The van der Waals surface area contributed by atoms with Gasteiger partial charge in [0, 0.05) is 12.3 Å². The third-order valence-electron chi connectivity index (χ3n) is 1.54. The second kappa shape index (κ2) is 5.33. The Kier molecular flexibility index (Phi) is 4.00. The first kappa shape index (κ1) is 9.75. The van der Waals surface area contributed by atoms with Crippen molar-refractivity contribution in [1.82, 2.24) is 0 Å². The molecule has 0 aromatic heterocycles. The summed E-state index contributed by atoms with van der Waals surface area (Å²) in [5.41, 5.74) is 7.37. The molecule has 0 saturated heterocycles. The normalized spacial score (nSPS) is 9.15. The Balaban J connectivity index is 2.37. The fraction of sp³-hybridized carbons (Fsp3) is 0.222. The molecule has 0 atom stereocenters. The predicted molar refractivity (Wildman–Crippen MR) is 57.4 cm³/mol. The maximum absolute atomic E-state index is 8.28. The molecule has 0 radical (unpaired) electrons. The molecular formula is C9H11N3S. The lowest BCUT2D eigenvalue weighted by molar-refractivity contribution is 1.23. The molecule has 1 rings (SSSR count). The second-order valence-electron chi connectivity index (χ2n) is 2.45. The number of thiocyanates is 1. The average molecular weight is 193 g/mol. The molecule has 1 aromatic carbocycles. The number of anilines is 2. The zero-order chi connectivity index (χ0) is 9.52. The third-order valence-corrected chi connectivity index (χ3v) is 2.08. The number of para-hydroxylation sites is 2.